The van der Waals surface area contributed by atoms with Crippen molar-refractivity contribution in [3.8, 4) is 34.4 Å². The van der Waals surface area contributed by atoms with Gasteiger partial charge in [-0.25, -0.2) is 0 Å². The fourth-order valence-electron chi connectivity index (χ4n) is 2.92. The van der Waals surface area contributed by atoms with Crippen LogP contribution in [0.3, 0.4) is 0 Å². The Morgan fingerprint density at radius 2 is 1.42 bits per heavy atom. The topological polar surface area (TPSA) is 75.8 Å². The van der Waals surface area contributed by atoms with E-state index in [9.17, 15) is 0 Å². The summed E-state index contributed by atoms with van der Waals surface area (Å²) in [6.45, 7) is 0.673. The van der Waals surface area contributed by atoms with Crippen molar-refractivity contribution in [1.82, 2.24) is 10.1 Å². The molecule has 7 nitrogen and oxygen atoms in total. The quantitative estimate of drug-likeness (QED) is 0.382. The SMILES string of the molecule is COc1ccc(-c2noc(COc3ccc(OCc4ccccc4)cc3)n2)cc1OC. The predicted molar refractivity (Wildman–Crippen MR) is 114 cm³/mol. The van der Waals surface area contributed by atoms with Crippen molar-refractivity contribution >= 4 is 0 Å². The summed E-state index contributed by atoms with van der Waals surface area (Å²) >= 11 is 0. The second-order valence-electron chi connectivity index (χ2n) is 6.62. The van der Waals surface area contributed by atoms with Gasteiger partial charge < -0.3 is 23.5 Å². The summed E-state index contributed by atoms with van der Waals surface area (Å²) in [6.07, 6.45) is 0. The Hall–Kier alpha value is -4.00. The molecule has 0 fully saturated rings. The number of aromatic nitrogens is 2. The summed E-state index contributed by atoms with van der Waals surface area (Å²) in [5.74, 6) is 3.49. The fourth-order valence-corrected chi connectivity index (χ4v) is 2.92. The zero-order valence-electron chi connectivity index (χ0n) is 17.3. The smallest absolute Gasteiger partial charge is 0.264 e. The zero-order valence-corrected chi connectivity index (χ0v) is 17.3. The van der Waals surface area contributed by atoms with Crippen LogP contribution in [0.5, 0.6) is 23.0 Å². The van der Waals surface area contributed by atoms with Crippen molar-refractivity contribution in [2.75, 3.05) is 14.2 Å². The van der Waals surface area contributed by atoms with Crippen molar-refractivity contribution < 1.29 is 23.5 Å². The first-order valence-electron chi connectivity index (χ1n) is 9.70. The minimum Gasteiger partial charge on any atom is -0.493 e. The van der Waals surface area contributed by atoms with Gasteiger partial charge in [0, 0.05) is 5.56 Å². The van der Waals surface area contributed by atoms with Gasteiger partial charge in [0.15, 0.2) is 18.1 Å². The molecule has 0 saturated carbocycles. The average molecular weight is 418 g/mol. The van der Waals surface area contributed by atoms with E-state index in [4.69, 9.17) is 23.5 Å². The van der Waals surface area contributed by atoms with E-state index in [2.05, 4.69) is 10.1 Å². The first-order valence-corrected chi connectivity index (χ1v) is 9.70. The summed E-state index contributed by atoms with van der Waals surface area (Å²) in [6, 6.07) is 22.8. The van der Waals surface area contributed by atoms with Crippen molar-refractivity contribution in [2.24, 2.45) is 0 Å². The van der Waals surface area contributed by atoms with E-state index in [1.165, 1.54) is 0 Å². The Morgan fingerprint density at radius 1 is 0.742 bits per heavy atom. The number of ether oxygens (including phenoxy) is 4. The third-order valence-electron chi connectivity index (χ3n) is 4.54. The Balaban J connectivity index is 1.33. The van der Waals surface area contributed by atoms with E-state index >= 15 is 0 Å². The van der Waals surface area contributed by atoms with Crippen LogP contribution in [0.15, 0.2) is 77.3 Å². The van der Waals surface area contributed by atoms with Crippen molar-refractivity contribution in [3.05, 3.63) is 84.3 Å². The number of hydrogen-bond acceptors (Lipinski definition) is 7. The van der Waals surface area contributed by atoms with Crippen LogP contribution in [0.2, 0.25) is 0 Å². The van der Waals surface area contributed by atoms with Gasteiger partial charge in [-0.2, -0.15) is 4.98 Å². The number of nitrogens with zero attached hydrogens (tertiary/aromatic N) is 2. The highest BCUT2D eigenvalue weighted by molar-refractivity contribution is 5.60. The second-order valence-corrected chi connectivity index (χ2v) is 6.62. The van der Waals surface area contributed by atoms with Gasteiger partial charge in [-0.1, -0.05) is 35.5 Å². The van der Waals surface area contributed by atoms with Gasteiger partial charge in [-0.3, -0.25) is 0 Å². The largest absolute Gasteiger partial charge is 0.493 e. The maximum Gasteiger partial charge on any atom is 0.264 e. The Morgan fingerprint density at radius 3 is 2.10 bits per heavy atom. The lowest BCUT2D eigenvalue weighted by atomic mass is 10.2. The Labute approximate surface area is 180 Å². The zero-order chi connectivity index (χ0) is 21.5. The molecule has 0 aliphatic heterocycles. The highest BCUT2D eigenvalue weighted by atomic mass is 16.5. The maximum absolute atomic E-state index is 5.78. The standard InChI is InChI=1S/C24H22N2O5/c1-27-21-13-8-18(14-22(21)28-2)24-25-23(31-26-24)16-30-20-11-9-19(10-12-20)29-15-17-6-4-3-5-7-17/h3-14H,15-16H2,1-2H3. The van der Waals surface area contributed by atoms with Crippen molar-refractivity contribution in [3.63, 3.8) is 0 Å². The molecule has 1 heterocycles. The molecule has 0 N–H and O–H groups in total. The summed E-state index contributed by atoms with van der Waals surface area (Å²) < 4.78 is 27.4. The van der Waals surface area contributed by atoms with E-state index in [1.54, 1.807) is 26.4 Å². The number of benzene rings is 3. The molecule has 0 saturated heterocycles. The van der Waals surface area contributed by atoms with Gasteiger partial charge in [-0.05, 0) is 48.0 Å². The van der Waals surface area contributed by atoms with Crippen LogP contribution < -0.4 is 18.9 Å². The predicted octanol–water partition coefficient (Wildman–Crippen LogP) is 4.91. The molecule has 0 unspecified atom stereocenters. The fraction of sp³-hybridized carbons (Fsp3) is 0.167. The summed E-state index contributed by atoms with van der Waals surface area (Å²) in [5.41, 5.74) is 1.87. The third kappa shape index (κ3) is 5.14. The molecular formula is C24H22N2O5. The molecule has 0 atom stereocenters. The van der Waals surface area contributed by atoms with Gasteiger partial charge in [0.2, 0.25) is 5.82 Å². The molecular weight excluding hydrogens is 396 g/mol. The first-order chi connectivity index (χ1) is 15.2. The van der Waals surface area contributed by atoms with E-state index in [0.29, 0.717) is 35.6 Å². The molecule has 0 amide bonds. The molecule has 0 aliphatic rings. The van der Waals surface area contributed by atoms with Crippen LogP contribution in [-0.2, 0) is 13.2 Å². The van der Waals surface area contributed by atoms with E-state index in [-0.39, 0.29) is 6.61 Å². The number of rotatable bonds is 9. The minimum absolute atomic E-state index is 0.157. The van der Waals surface area contributed by atoms with Crippen molar-refractivity contribution in [1.29, 1.82) is 0 Å². The van der Waals surface area contributed by atoms with Crippen LogP contribution in [-0.4, -0.2) is 24.4 Å². The molecule has 0 spiro atoms. The number of hydrogen-bond donors (Lipinski definition) is 0. The highest BCUT2D eigenvalue weighted by Gasteiger charge is 2.12. The highest BCUT2D eigenvalue weighted by Crippen LogP contribution is 2.31. The van der Waals surface area contributed by atoms with Crippen molar-refractivity contribution in [2.45, 2.75) is 13.2 Å². The molecule has 0 radical (unpaired) electrons. The normalized spacial score (nSPS) is 10.5. The third-order valence-corrected chi connectivity index (χ3v) is 4.54. The van der Waals surface area contributed by atoms with Gasteiger partial charge in [-0.15, -0.1) is 0 Å². The van der Waals surface area contributed by atoms with Crippen LogP contribution in [0.4, 0.5) is 0 Å². The Kier molecular flexibility index (Phi) is 6.32. The van der Waals surface area contributed by atoms with Gasteiger partial charge >= 0.3 is 0 Å². The number of methoxy groups -OCH3 is 2. The van der Waals surface area contributed by atoms with Gasteiger partial charge in [0.1, 0.15) is 18.1 Å². The molecule has 0 aliphatic carbocycles. The van der Waals surface area contributed by atoms with Gasteiger partial charge in [0.25, 0.3) is 5.89 Å². The molecule has 31 heavy (non-hydrogen) atoms. The van der Waals surface area contributed by atoms with Crippen LogP contribution in [0, 0.1) is 0 Å². The molecule has 3 aromatic carbocycles. The second kappa shape index (κ2) is 9.67. The van der Waals surface area contributed by atoms with Crippen LogP contribution >= 0.6 is 0 Å². The summed E-state index contributed by atoms with van der Waals surface area (Å²) in [7, 11) is 3.17. The summed E-state index contributed by atoms with van der Waals surface area (Å²) in [5, 5.41) is 4.01. The van der Waals surface area contributed by atoms with E-state index in [0.717, 1.165) is 16.9 Å². The maximum atomic E-state index is 5.78. The lowest BCUT2D eigenvalue weighted by molar-refractivity contribution is 0.242. The lowest BCUT2D eigenvalue weighted by Crippen LogP contribution is -1.97. The van der Waals surface area contributed by atoms with Crippen LogP contribution in [0.1, 0.15) is 11.5 Å². The van der Waals surface area contributed by atoms with E-state index in [1.807, 2.05) is 60.7 Å². The average Bonchev–Trinajstić information content (AvgIpc) is 3.31. The summed E-state index contributed by atoms with van der Waals surface area (Å²) in [4.78, 5) is 4.38. The molecule has 158 valence electrons. The molecule has 1 aromatic heterocycles. The molecule has 4 rings (SSSR count). The van der Waals surface area contributed by atoms with Gasteiger partial charge in [0.05, 0.1) is 14.2 Å². The lowest BCUT2D eigenvalue weighted by Gasteiger charge is -2.08. The monoisotopic (exact) mass is 418 g/mol. The van der Waals surface area contributed by atoms with E-state index < -0.39 is 0 Å². The molecule has 7 heteroatoms. The first kappa shape index (κ1) is 20.3. The van der Waals surface area contributed by atoms with Crippen LogP contribution in [0.25, 0.3) is 11.4 Å². The molecule has 4 aromatic rings. The molecule has 0 bridgehead atoms. The Bertz CT molecular complexity index is 1110. The minimum atomic E-state index is 0.157.